The quantitative estimate of drug-likeness (QED) is 0.252. The van der Waals surface area contributed by atoms with Crippen LogP contribution in [-0.4, -0.2) is 17.5 Å². The second kappa shape index (κ2) is 14.3. The monoisotopic (exact) mass is 550 g/mol. The maximum absolute atomic E-state index is 9.86. The Labute approximate surface area is 246 Å². The highest BCUT2D eigenvalue weighted by atomic mass is 16.7. The molecule has 0 bridgehead atoms. The van der Waals surface area contributed by atoms with Gasteiger partial charge < -0.3 is 14.6 Å². The second-order valence-electron chi connectivity index (χ2n) is 14.9. The normalized spacial score (nSPS) is 18.4. The van der Waals surface area contributed by atoms with Crippen molar-refractivity contribution >= 4 is 0 Å². The summed E-state index contributed by atoms with van der Waals surface area (Å²) in [4.78, 5) is 0. The molecular formula is C37H58O3. The lowest BCUT2D eigenvalue weighted by Gasteiger charge is -2.40. The molecule has 1 aliphatic carbocycles. The van der Waals surface area contributed by atoms with Crippen molar-refractivity contribution in [1.82, 2.24) is 0 Å². The first kappa shape index (κ1) is 32.5. The molecule has 0 aromatic heterocycles. The third-order valence-corrected chi connectivity index (χ3v) is 9.02. The molecule has 3 nitrogen and oxygen atoms in total. The first-order valence-corrected chi connectivity index (χ1v) is 16.0. The van der Waals surface area contributed by atoms with Crippen LogP contribution >= 0.6 is 0 Å². The number of rotatable bonds is 13. The van der Waals surface area contributed by atoms with Gasteiger partial charge in [-0.1, -0.05) is 98.9 Å². The van der Waals surface area contributed by atoms with Gasteiger partial charge in [0.1, 0.15) is 11.5 Å². The molecule has 1 fully saturated rings. The van der Waals surface area contributed by atoms with E-state index >= 15 is 0 Å². The van der Waals surface area contributed by atoms with E-state index in [1.54, 1.807) is 0 Å². The van der Waals surface area contributed by atoms with Crippen LogP contribution in [0.4, 0.5) is 0 Å². The van der Waals surface area contributed by atoms with Gasteiger partial charge >= 0.3 is 0 Å². The molecule has 3 rings (SSSR count). The third-order valence-electron chi connectivity index (χ3n) is 9.02. The fourth-order valence-corrected chi connectivity index (χ4v) is 7.07. The zero-order chi connectivity index (χ0) is 29.5. The molecule has 0 spiro atoms. The van der Waals surface area contributed by atoms with Gasteiger partial charge in [0.25, 0.3) is 0 Å². The van der Waals surface area contributed by atoms with Crippen LogP contribution in [0.5, 0.6) is 11.5 Å². The van der Waals surface area contributed by atoms with Crippen LogP contribution in [0.3, 0.4) is 0 Å². The number of hydrogen-bond donors (Lipinski definition) is 1. The minimum atomic E-state index is -0.220. The summed E-state index contributed by atoms with van der Waals surface area (Å²) in [5.74, 6) is 3.34. The molecule has 0 aliphatic heterocycles. The Balaban J connectivity index is 1.68. The van der Waals surface area contributed by atoms with Gasteiger partial charge in [-0.2, -0.15) is 0 Å². The summed E-state index contributed by atoms with van der Waals surface area (Å²) in [5, 5.41) is 9.86. The number of ether oxygens (including phenoxy) is 2. The summed E-state index contributed by atoms with van der Waals surface area (Å²) in [7, 11) is 0. The van der Waals surface area contributed by atoms with E-state index < -0.39 is 0 Å². The van der Waals surface area contributed by atoms with E-state index in [9.17, 15) is 5.11 Å². The number of phenolic OH excluding ortho intramolecular Hbond substituents is 1. The molecule has 40 heavy (non-hydrogen) atoms. The van der Waals surface area contributed by atoms with Crippen molar-refractivity contribution in [3.63, 3.8) is 0 Å². The van der Waals surface area contributed by atoms with Crippen LogP contribution in [0.2, 0.25) is 0 Å². The third kappa shape index (κ3) is 9.82. The van der Waals surface area contributed by atoms with E-state index in [2.05, 4.69) is 91.8 Å². The van der Waals surface area contributed by atoms with Gasteiger partial charge in [-0.05, 0) is 109 Å². The Morgan fingerprint density at radius 2 is 1.30 bits per heavy atom. The fraction of sp³-hybridized carbons (Fsp3) is 0.676. The van der Waals surface area contributed by atoms with Gasteiger partial charge in [0.05, 0.1) is 6.10 Å². The largest absolute Gasteiger partial charge is 0.508 e. The first-order chi connectivity index (χ1) is 18.7. The molecule has 3 heteroatoms. The first-order valence-electron chi connectivity index (χ1n) is 16.0. The molecule has 0 radical (unpaired) electrons. The van der Waals surface area contributed by atoms with Gasteiger partial charge in [-0.15, -0.1) is 0 Å². The lowest BCUT2D eigenvalue weighted by molar-refractivity contribution is -0.116. The summed E-state index contributed by atoms with van der Waals surface area (Å²) < 4.78 is 12.3. The van der Waals surface area contributed by atoms with Gasteiger partial charge in [-0.25, -0.2) is 0 Å². The molecule has 2 aromatic rings. The zero-order valence-electron chi connectivity index (χ0n) is 27.0. The van der Waals surface area contributed by atoms with Gasteiger partial charge in [0, 0.05) is 0 Å². The standard InChI is InChI=1S/C37H58O3/c1-26(2)23-35(30-15-19-31(38)20-16-30)37(8,9)25-27(3)24-34(36(5,6)7)29-17-21-33(22-18-29)40-28(4)39-32-13-11-10-12-14-32/h15-22,26-28,32,34-35,38H,10-14,23-25H2,1-9H3. The van der Waals surface area contributed by atoms with Crippen molar-refractivity contribution < 1.29 is 14.6 Å². The Kier molecular flexibility index (Phi) is 11.6. The number of phenols is 1. The molecule has 0 heterocycles. The van der Waals surface area contributed by atoms with Crippen molar-refractivity contribution in [1.29, 1.82) is 0 Å². The van der Waals surface area contributed by atoms with Crippen molar-refractivity contribution in [3.05, 3.63) is 59.7 Å². The van der Waals surface area contributed by atoms with Crippen molar-refractivity contribution in [3.8, 4) is 11.5 Å². The molecule has 0 saturated heterocycles. The number of hydrogen-bond acceptors (Lipinski definition) is 3. The predicted octanol–water partition coefficient (Wildman–Crippen LogP) is 10.9. The average molecular weight is 551 g/mol. The minimum Gasteiger partial charge on any atom is -0.508 e. The van der Waals surface area contributed by atoms with E-state index in [-0.39, 0.29) is 17.1 Å². The zero-order valence-corrected chi connectivity index (χ0v) is 27.0. The maximum atomic E-state index is 9.86. The van der Waals surface area contributed by atoms with Gasteiger partial charge in [-0.3, -0.25) is 0 Å². The van der Waals surface area contributed by atoms with E-state index in [4.69, 9.17) is 9.47 Å². The summed E-state index contributed by atoms with van der Waals surface area (Å²) in [5.41, 5.74) is 3.04. The molecule has 4 unspecified atom stereocenters. The highest BCUT2D eigenvalue weighted by molar-refractivity contribution is 5.31. The second-order valence-corrected chi connectivity index (χ2v) is 14.9. The van der Waals surface area contributed by atoms with Crippen LogP contribution in [0.25, 0.3) is 0 Å². The molecule has 0 amide bonds. The maximum Gasteiger partial charge on any atom is 0.197 e. The summed E-state index contributed by atoms with van der Waals surface area (Å²) in [6, 6.07) is 16.7. The summed E-state index contributed by atoms with van der Waals surface area (Å²) in [6.45, 7) is 21.1. The highest BCUT2D eigenvalue weighted by Crippen LogP contribution is 2.48. The van der Waals surface area contributed by atoms with Crippen LogP contribution in [0.1, 0.15) is 137 Å². The van der Waals surface area contributed by atoms with E-state index in [1.165, 1.54) is 30.4 Å². The Hall–Kier alpha value is -2.00. The molecule has 1 saturated carbocycles. The van der Waals surface area contributed by atoms with Gasteiger partial charge in [0.2, 0.25) is 0 Å². The molecular weight excluding hydrogens is 492 g/mol. The van der Waals surface area contributed by atoms with Crippen molar-refractivity contribution in [2.75, 3.05) is 0 Å². The fourth-order valence-electron chi connectivity index (χ4n) is 7.07. The van der Waals surface area contributed by atoms with Crippen LogP contribution in [-0.2, 0) is 4.74 Å². The topological polar surface area (TPSA) is 38.7 Å². The number of aromatic hydroxyl groups is 1. The Morgan fingerprint density at radius 1 is 0.750 bits per heavy atom. The Bertz CT molecular complexity index is 993. The smallest absolute Gasteiger partial charge is 0.197 e. The lowest BCUT2D eigenvalue weighted by Crippen LogP contribution is -2.28. The molecule has 1 N–H and O–H groups in total. The van der Waals surface area contributed by atoms with Crippen LogP contribution < -0.4 is 4.74 Å². The van der Waals surface area contributed by atoms with Crippen molar-refractivity contribution in [2.45, 2.75) is 138 Å². The summed E-state index contributed by atoms with van der Waals surface area (Å²) in [6.07, 6.45) is 9.76. The van der Waals surface area contributed by atoms with Crippen LogP contribution in [0, 0.1) is 22.7 Å². The molecule has 2 aromatic carbocycles. The average Bonchev–Trinajstić information content (AvgIpc) is 2.86. The number of benzene rings is 2. The lowest BCUT2D eigenvalue weighted by atomic mass is 9.65. The van der Waals surface area contributed by atoms with E-state index in [1.807, 2.05) is 19.1 Å². The molecule has 1 aliphatic rings. The SMILES string of the molecule is CC(C)CC(c1ccc(O)cc1)C(C)(C)CC(C)CC(c1ccc(OC(C)OC2CCCCC2)cc1)C(C)(C)C. The van der Waals surface area contributed by atoms with Gasteiger partial charge in [0.15, 0.2) is 6.29 Å². The molecule has 224 valence electrons. The minimum absolute atomic E-state index is 0.148. The van der Waals surface area contributed by atoms with Crippen LogP contribution in [0.15, 0.2) is 48.5 Å². The Morgan fingerprint density at radius 3 is 1.85 bits per heavy atom. The summed E-state index contributed by atoms with van der Waals surface area (Å²) >= 11 is 0. The highest BCUT2D eigenvalue weighted by Gasteiger charge is 2.35. The predicted molar refractivity (Wildman–Crippen MR) is 169 cm³/mol. The van der Waals surface area contributed by atoms with Crippen molar-refractivity contribution in [2.24, 2.45) is 22.7 Å². The molecule has 4 atom stereocenters. The van der Waals surface area contributed by atoms with E-state index in [0.29, 0.717) is 35.5 Å². The van der Waals surface area contributed by atoms with E-state index in [0.717, 1.165) is 37.9 Å².